The van der Waals surface area contributed by atoms with Gasteiger partial charge >= 0.3 is 5.97 Å². The van der Waals surface area contributed by atoms with E-state index in [1.54, 1.807) is 6.07 Å². The van der Waals surface area contributed by atoms with Crippen molar-refractivity contribution in [2.75, 3.05) is 19.8 Å². The molecule has 1 unspecified atom stereocenters. The number of benzene rings is 1. The van der Waals surface area contributed by atoms with Crippen molar-refractivity contribution in [2.24, 2.45) is 5.16 Å². The van der Waals surface area contributed by atoms with Crippen LogP contribution in [-0.4, -0.2) is 43.2 Å². The van der Waals surface area contributed by atoms with Gasteiger partial charge in [-0.15, -0.1) is 0 Å². The summed E-state index contributed by atoms with van der Waals surface area (Å²) >= 11 is 3.46. The van der Waals surface area contributed by atoms with Crippen LogP contribution in [0, 0.1) is 0 Å². The van der Waals surface area contributed by atoms with Crippen molar-refractivity contribution in [3.63, 3.8) is 0 Å². The molecular weight excluding hydrogens is 402 g/mol. The van der Waals surface area contributed by atoms with Gasteiger partial charge in [-0.3, -0.25) is 0 Å². The lowest BCUT2D eigenvalue weighted by Crippen LogP contribution is -2.28. The Morgan fingerprint density at radius 2 is 2.15 bits per heavy atom. The molecular formula is C19H26BrNO5. The lowest BCUT2D eigenvalue weighted by Gasteiger charge is -2.20. The first-order chi connectivity index (χ1) is 12.3. The molecule has 0 amide bonds. The molecule has 1 aromatic rings. The van der Waals surface area contributed by atoms with Gasteiger partial charge in [0.05, 0.1) is 0 Å². The van der Waals surface area contributed by atoms with Gasteiger partial charge in [-0.2, -0.15) is 0 Å². The normalized spacial score (nSPS) is 16.8. The quantitative estimate of drug-likeness (QED) is 0.461. The van der Waals surface area contributed by atoms with Gasteiger partial charge in [0, 0.05) is 16.6 Å². The number of hydrogen-bond acceptors (Lipinski definition) is 6. The standard InChI is InChI=1S/C19H26BrNO5/c1-5-6-9-23-16-11-25-21-18(16)14-10-13(20)7-8-15(14)24-12-17(22)26-19(2,3)4/h7-8,10,16H,5-6,9,11-12H2,1-4H3. The van der Waals surface area contributed by atoms with Crippen LogP contribution in [0.4, 0.5) is 0 Å². The summed E-state index contributed by atoms with van der Waals surface area (Å²) in [6.45, 7) is 8.40. The Kier molecular flexibility index (Phi) is 7.46. The minimum Gasteiger partial charge on any atom is -0.481 e. The molecule has 0 radical (unpaired) electrons. The molecule has 144 valence electrons. The highest BCUT2D eigenvalue weighted by molar-refractivity contribution is 9.10. The third kappa shape index (κ3) is 6.29. The van der Waals surface area contributed by atoms with Crippen LogP contribution in [0.2, 0.25) is 0 Å². The maximum absolute atomic E-state index is 11.9. The van der Waals surface area contributed by atoms with Gasteiger partial charge in [-0.05, 0) is 45.4 Å². The molecule has 1 aliphatic rings. The Hall–Kier alpha value is -1.60. The number of nitrogens with zero attached hydrogens (tertiary/aromatic N) is 1. The van der Waals surface area contributed by atoms with E-state index in [1.807, 2.05) is 32.9 Å². The van der Waals surface area contributed by atoms with Crippen molar-refractivity contribution in [2.45, 2.75) is 52.2 Å². The van der Waals surface area contributed by atoms with Crippen LogP contribution in [0.1, 0.15) is 46.1 Å². The highest BCUT2D eigenvalue weighted by Gasteiger charge is 2.28. The molecule has 0 aliphatic carbocycles. The Bertz CT molecular complexity index is 654. The minimum atomic E-state index is -0.551. The molecule has 0 saturated heterocycles. The third-order valence-electron chi connectivity index (χ3n) is 3.49. The lowest BCUT2D eigenvalue weighted by molar-refractivity contribution is -0.157. The summed E-state index contributed by atoms with van der Waals surface area (Å²) in [6.07, 6.45) is 1.78. The molecule has 0 spiro atoms. The Balaban J connectivity index is 2.10. The number of halogens is 1. The monoisotopic (exact) mass is 427 g/mol. The summed E-state index contributed by atoms with van der Waals surface area (Å²) in [5.41, 5.74) is 0.855. The van der Waals surface area contributed by atoms with Crippen molar-refractivity contribution >= 4 is 27.6 Å². The average Bonchev–Trinajstić information content (AvgIpc) is 3.00. The number of carbonyl (C=O) groups is 1. The fraction of sp³-hybridized carbons (Fsp3) is 0.579. The Labute approximate surface area is 163 Å². The summed E-state index contributed by atoms with van der Waals surface area (Å²) in [6, 6.07) is 5.51. The fourth-order valence-corrected chi connectivity index (χ4v) is 2.73. The number of esters is 1. The summed E-state index contributed by atoms with van der Waals surface area (Å²) in [5, 5.41) is 4.13. The number of unbranched alkanes of at least 4 members (excludes halogenated alkanes) is 1. The largest absolute Gasteiger partial charge is 0.481 e. The topological polar surface area (TPSA) is 66.3 Å². The smallest absolute Gasteiger partial charge is 0.344 e. The van der Waals surface area contributed by atoms with E-state index in [9.17, 15) is 4.79 Å². The zero-order valence-electron chi connectivity index (χ0n) is 15.7. The second-order valence-corrected chi connectivity index (χ2v) is 7.92. The zero-order chi connectivity index (χ0) is 19.2. The first-order valence-electron chi connectivity index (χ1n) is 8.76. The lowest BCUT2D eigenvalue weighted by atomic mass is 10.0. The van der Waals surface area contributed by atoms with Gasteiger partial charge in [0.1, 0.15) is 29.8 Å². The highest BCUT2D eigenvalue weighted by atomic mass is 79.9. The van der Waals surface area contributed by atoms with Gasteiger partial charge < -0.3 is 19.0 Å². The molecule has 0 fully saturated rings. The van der Waals surface area contributed by atoms with Crippen LogP contribution in [-0.2, 0) is 19.1 Å². The second-order valence-electron chi connectivity index (χ2n) is 7.00. The van der Waals surface area contributed by atoms with E-state index in [-0.39, 0.29) is 12.7 Å². The van der Waals surface area contributed by atoms with E-state index in [2.05, 4.69) is 28.0 Å². The first-order valence-corrected chi connectivity index (χ1v) is 9.55. The van der Waals surface area contributed by atoms with Crippen molar-refractivity contribution in [1.29, 1.82) is 0 Å². The van der Waals surface area contributed by atoms with Crippen molar-refractivity contribution in [1.82, 2.24) is 0 Å². The minimum absolute atomic E-state index is 0.179. The molecule has 0 N–H and O–H groups in total. The van der Waals surface area contributed by atoms with E-state index in [1.165, 1.54) is 0 Å². The van der Waals surface area contributed by atoms with Crippen molar-refractivity contribution < 1.29 is 23.8 Å². The van der Waals surface area contributed by atoms with Gasteiger partial charge in [-0.1, -0.05) is 34.4 Å². The summed E-state index contributed by atoms with van der Waals surface area (Å²) in [4.78, 5) is 17.2. The molecule has 0 bridgehead atoms. The fourth-order valence-electron chi connectivity index (χ4n) is 2.37. The first kappa shape index (κ1) is 20.7. The zero-order valence-corrected chi connectivity index (χ0v) is 17.3. The molecule has 1 atom stereocenters. The summed E-state index contributed by atoms with van der Waals surface area (Å²) < 4.78 is 17.7. The molecule has 1 heterocycles. The maximum Gasteiger partial charge on any atom is 0.344 e. The molecule has 1 aliphatic heterocycles. The summed E-state index contributed by atoms with van der Waals surface area (Å²) in [5.74, 6) is 0.110. The molecule has 0 aromatic heterocycles. The third-order valence-corrected chi connectivity index (χ3v) is 3.99. The molecule has 2 rings (SSSR count). The van der Waals surface area contributed by atoms with Gasteiger partial charge in [-0.25, -0.2) is 4.79 Å². The summed E-state index contributed by atoms with van der Waals surface area (Å²) in [7, 11) is 0. The maximum atomic E-state index is 11.9. The number of rotatable bonds is 8. The van der Waals surface area contributed by atoms with E-state index in [0.29, 0.717) is 24.7 Å². The van der Waals surface area contributed by atoms with Gasteiger partial charge in [0.15, 0.2) is 6.61 Å². The van der Waals surface area contributed by atoms with Crippen LogP contribution in [0.5, 0.6) is 5.75 Å². The number of carbonyl (C=O) groups excluding carboxylic acids is 1. The Morgan fingerprint density at radius 1 is 1.38 bits per heavy atom. The number of oxime groups is 1. The van der Waals surface area contributed by atoms with Crippen LogP contribution in [0.25, 0.3) is 0 Å². The second kappa shape index (κ2) is 9.37. The van der Waals surface area contributed by atoms with Crippen LogP contribution in [0.15, 0.2) is 27.8 Å². The van der Waals surface area contributed by atoms with Gasteiger partial charge in [0.2, 0.25) is 0 Å². The molecule has 0 saturated carbocycles. The van der Waals surface area contributed by atoms with Crippen molar-refractivity contribution in [3.8, 4) is 5.75 Å². The van der Waals surface area contributed by atoms with E-state index >= 15 is 0 Å². The Morgan fingerprint density at radius 3 is 2.85 bits per heavy atom. The van der Waals surface area contributed by atoms with Gasteiger partial charge in [0.25, 0.3) is 0 Å². The van der Waals surface area contributed by atoms with E-state index in [0.717, 1.165) is 22.9 Å². The number of hydrogen-bond donors (Lipinski definition) is 0. The van der Waals surface area contributed by atoms with Crippen LogP contribution in [0.3, 0.4) is 0 Å². The molecule has 1 aromatic carbocycles. The predicted octanol–water partition coefficient (Wildman–Crippen LogP) is 4.09. The SMILES string of the molecule is CCCCOC1CON=C1c1cc(Br)ccc1OCC(=O)OC(C)(C)C. The molecule has 6 nitrogen and oxygen atoms in total. The van der Waals surface area contributed by atoms with E-state index < -0.39 is 11.6 Å². The highest BCUT2D eigenvalue weighted by Crippen LogP contribution is 2.28. The predicted molar refractivity (Wildman–Crippen MR) is 103 cm³/mol. The van der Waals surface area contributed by atoms with E-state index in [4.69, 9.17) is 19.0 Å². The molecule has 7 heteroatoms. The van der Waals surface area contributed by atoms with Crippen LogP contribution < -0.4 is 4.74 Å². The number of ether oxygens (including phenoxy) is 3. The average molecular weight is 428 g/mol. The van der Waals surface area contributed by atoms with Crippen LogP contribution >= 0.6 is 15.9 Å². The molecule has 26 heavy (non-hydrogen) atoms. The van der Waals surface area contributed by atoms with Crippen molar-refractivity contribution in [3.05, 3.63) is 28.2 Å².